The number of non-ortho nitro benzene ring substituents is 1. The monoisotopic (exact) mass is 351 g/mol. The Morgan fingerprint density at radius 2 is 2.00 bits per heavy atom. The average Bonchev–Trinajstić information content (AvgIpc) is 3.00. The number of hydrogen-bond acceptors (Lipinski definition) is 9. The number of ether oxygens (including phenoxy) is 4. The highest BCUT2D eigenvalue weighted by molar-refractivity contribution is 5.66. The number of nitrogens with zero attached hydrogens (tertiary/aromatic N) is 3. The smallest absolute Gasteiger partial charge is 0.305 e. The van der Waals surface area contributed by atoms with E-state index in [4.69, 9.17) is 18.9 Å². The molecular weight excluding hydrogens is 334 g/mol. The maximum Gasteiger partial charge on any atom is 0.305 e. The minimum atomic E-state index is -1.48. The molecule has 10 nitrogen and oxygen atoms in total. The van der Waals surface area contributed by atoms with E-state index in [1.807, 2.05) is 0 Å². The van der Waals surface area contributed by atoms with Crippen molar-refractivity contribution >= 4 is 17.3 Å². The molecule has 2 aliphatic heterocycles. The molecule has 3 atom stereocenters. The molecule has 2 fully saturated rings. The van der Waals surface area contributed by atoms with Crippen molar-refractivity contribution in [3.05, 3.63) is 34.4 Å². The molecule has 0 saturated carbocycles. The van der Waals surface area contributed by atoms with E-state index in [1.54, 1.807) is 13.8 Å². The molecule has 0 aromatic heterocycles. The Balaban J connectivity index is 1.86. The fraction of sp³-hybridized carbons (Fsp3) is 0.533. The Labute approximate surface area is 142 Å². The Bertz CT molecular complexity index is 718. The van der Waals surface area contributed by atoms with Gasteiger partial charge in [0.1, 0.15) is 6.61 Å². The van der Waals surface area contributed by atoms with Crippen LogP contribution in [-0.2, 0) is 23.7 Å². The highest BCUT2D eigenvalue weighted by Crippen LogP contribution is 2.43. The van der Waals surface area contributed by atoms with E-state index in [2.05, 4.69) is 10.2 Å². The number of carbonyl (C=O) groups is 1. The Hall–Kier alpha value is -2.43. The van der Waals surface area contributed by atoms with Gasteiger partial charge in [-0.25, -0.2) is 0 Å². The van der Waals surface area contributed by atoms with Crippen molar-refractivity contribution in [1.29, 1.82) is 0 Å². The standard InChI is InChI=1S/C15H17N3O7/c1-9(19)23-15(8-22-13-12(15)24-14(2,3)25-13)17-16-10-4-6-11(7-5-10)18(20)21/h4-7,12-13H,8H2,1-3H3/t12-,13+,15-/m0/s1. The fourth-order valence-corrected chi connectivity index (χ4v) is 2.67. The molecule has 0 radical (unpaired) electrons. The van der Waals surface area contributed by atoms with E-state index in [0.717, 1.165) is 0 Å². The molecule has 0 N–H and O–H groups in total. The molecule has 0 unspecified atom stereocenters. The van der Waals surface area contributed by atoms with Crippen molar-refractivity contribution < 1.29 is 28.7 Å². The first-order valence-corrected chi connectivity index (χ1v) is 7.55. The lowest BCUT2D eigenvalue weighted by molar-refractivity contribution is -0.384. The summed E-state index contributed by atoms with van der Waals surface area (Å²) >= 11 is 0. The van der Waals surface area contributed by atoms with Crippen LogP contribution in [0.25, 0.3) is 0 Å². The van der Waals surface area contributed by atoms with Gasteiger partial charge in [0, 0.05) is 19.1 Å². The van der Waals surface area contributed by atoms with Gasteiger partial charge in [0.05, 0.1) is 10.6 Å². The largest absolute Gasteiger partial charge is 0.430 e. The zero-order chi connectivity index (χ0) is 18.2. The molecule has 0 bridgehead atoms. The van der Waals surface area contributed by atoms with Crippen LogP contribution >= 0.6 is 0 Å². The molecule has 0 spiro atoms. The minimum absolute atomic E-state index is 0.0628. The predicted octanol–water partition coefficient (Wildman–Crippen LogP) is 2.45. The summed E-state index contributed by atoms with van der Waals surface area (Å²) in [5, 5.41) is 18.8. The van der Waals surface area contributed by atoms with E-state index < -0.39 is 34.8 Å². The van der Waals surface area contributed by atoms with Crippen LogP contribution in [-0.4, -0.2) is 41.4 Å². The van der Waals surface area contributed by atoms with Crippen molar-refractivity contribution in [2.45, 2.75) is 44.7 Å². The van der Waals surface area contributed by atoms with Gasteiger partial charge in [0.2, 0.25) is 0 Å². The number of benzene rings is 1. The Kier molecular flexibility index (Phi) is 4.27. The zero-order valence-corrected chi connectivity index (χ0v) is 13.9. The van der Waals surface area contributed by atoms with E-state index in [9.17, 15) is 14.9 Å². The highest BCUT2D eigenvalue weighted by atomic mass is 16.8. The maximum atomic E-state index is 11.5. The summed E-state index contributed by atoms with van der Waals surface area (Å²) in [4.78, 5) is 21.7. The second-order valence-electron chi connectivity index (χ2n) is 6.15. The Morgan fingerprint density at radius 3 is 2.60 bits per heavy atom. The summed E-state index contributed by atoms with van der Waals surface area (Å²) in [5.74, 6) is -1.48. The molecule has 0 aliphatic carbocycles. The first kappa shape index (κ1) is 17.4. The highest BCUT2D eigenvalue weighted by Gasteiger charge is 2.62. The van der Waals surface area contributed by atoms with Gasteiger partial charge >= 0.3 is 5.97 Å². The lowest BCUT2D eigenvalue weighted by atomic mass is 10.1. The van der Waals surface area contributed by atoms with Crippen LogP contribution in [0.15, 0.2) is 34.5 Å². The van der Waals surface area contributed by atoms with Gasteiger partial charge in [-0.15, -0.1) is 5.11 Å². The van der Waals surface area contributed by atoms with Gasteiger partial charge in [-0.1, -0.05) is 0 Å². The maximum absolute atomic E-state index is 11.5. The average molecular weight is 351 g/mol. The molecule has 1 aromatic rings. The first-order valence-electron chi connectivity index (χ1n) is 7.55. The van der Waals surface area contributed by atoms with Gasteiger partial charge < -0.3 is 18.9 Å². The second kappa shape index (κ2) is 6.14. The fourth-order valence-electron chi connectivity index (χ4n) is 2.67. The molecule has 0 amide bonds. The first-order chi connectivity index (χ1) is 11.7. The summed E-state index contributed by atoms with van der Waals surface area (Å²) in [5.41, 5.74) is -1.18. The number of esters is 1. The van der Waals surface area contributed by atoms with Crippen molar-refractivity contribution in [2.24, 2.45) is 10.2 Å². The molecule has 1 aromatic carbocycles. The molecule has 2 saturated heterocycles. The van der Waals surface area contributed by atoms with E-state index in [0.29, 0.717) is 5.69 Å². The van der Waals surface area contributed by atoms with Crippen LogP contribution in [0.4, 0.5) is 11.4 Å². The Morgan fingerprint density at radius 1 is 1.32 bits per heavy atom. The van der Waals surface area contributed by atoms with E-state index in [-0.39, 0.29) is 12.3 Å². The third-order valence-electron chi connectivity index (χ3n) is 3.67. The zero-order valence-electron chi connectivity index (χ0n) is 13.9. The summed E-state index contributed by atoms with van der Waals surface area (Å²) in [6.45, 7) is 4.59. The third-order valence-corrected chi connectivity index (χ3v) is 3.67. The molecular formula is C15H17N3O7. The molecule has 10 heteroatoms. The molecule has 25 heavy (non-hydrogen) atoms. The van der Waals surface area contributed by atoms with Crippen LogP contribution < -0.4 is 0 Å². The van der Waals surface area contributed by atoms with Gasteiger partial charge in [-0.05, 0) is 26.0 Å². The number of nitro groups is 1. The minimum Gasteiger partial charge on any atom is -0.430 e. The molecule has 2 heterocycles. The van der Waals surface area contributed by atoms with Crippen molar-refractivity contribution in [3.63, 3.8) is 0 Å². The lowest BCUT2D eigenvalue weighted by Gasteiger charge is -2.27. The van der Waals surface area contributed by atoms with Crippen LogP contribution in [0.5, 0.6) is 0 Å². The predicted molar refractivity (Wildman–Crippen MR) is 81.9 cm³/mol. The number of carbonyl (C=O) groups excluding carboxylic acids is 1. The van der Waals surface area contributed by atoms with Gasteiger partial charge in [-0.3, -0.25) is 14.9 Å². The van der Waals surface area contributed by atoms with E-state index in [1.165, 1.54) is 31.2 Å². The van der Waals surface area contributed by atoms with Crippen LogP contribution in [0.2, 0.25) is 0 Å². The molecule has 134 valence electrons. The summed E-state index contributed by atoms with van der Waals surface area (Å²) < 4.78 is 22.2. The van der Waals surface area contributed by atoms with Crippen LogP contribution in [0.3, 0.4) is 0 Å². The van der Waals surface area contributed by atoms with Crippen molar-refractivity contribution in [1.82, 2.24) is 0 Å². The summed E-state index contributed by atoms with van der Waals surface area (Å²) in [7, 11) is 0. The topological polar surface area (TPSA) is 122 Å². The summed E-state index contributed by atoms with van der Waals surface area (Å²) in [6.07, 6.45) is -1.50. The number of rotatable bonds is 4. The molecule has 3 rings (SSSR count). The van der Waals surface area contributed by atoms with Gasteiger partial charge in [0.15, 0.2) is 18.2 Å². The normalized spacial score (nSPS) is 30.4. The number of fused-ring (bicyclic) bond motifs is 1. The summed E-state index contributed by atoms with van der Waals surface area (Å²) in [6, 6.07) is 5.48. The van der Waals surface area contributed by atoms with Gasteiger partial charge in [-0.2, -0.15) is 5.11 Å². The molecule has 2 aliphatic rings. The number of nitro benzene ring substituents is 1. The number of hydrogen-bond donors (Lipinski definition) is 0. The van der Waals surface area contributed by atoms with Crippen LogP contribution in [0, 0.1) is 10.1 Å². The van der Waals surface area contributed by atoms with Crippen molar-refractivity contribution in [2.75, 3.05) is 6.61 Å². The quantitative estimate of drug-likeness (QED) is 0.353. The second-order valence-corrected chi connectivity index (χ2v) is 6.15. The lowest BCUT2D eigenvalue weighted by Crippen LogP contribution is -2.45. The SMILES string of the molecule is CC(=O)O[C@@]1(N=Nc2ccc([N+](=O)[O-])cc2)CO[C@@H]2OC(C)(C)O[C@@H]21. The number of azo groups is 1. The van der Waals surface area contributed by atoms with E-state index >= 15 is 0 Å². The van der Waals surface area contributed by atoms with Crippen LogP contribution in [0.1, 0.15) is 20.8 Å². The van der Waals surface area contributed by atoms with Crippen molar-refractivity contribution in [3.8, 4) is 0 Å². The van der Waals surface area contributed by atoms with Gasteiger partial charge in [0.25, 0.3) is 11.4 Å². The third kappa shape index (κ3) is 3.50.